The normalized spacial score (nSPS) is 10.5. The number of hydrogen-bond acceptors (Lipinski definition) is 7. The summed E-state index contributed by atoms with van der Waals surface area (Å²) in [6.45, 7) is 0. The van der Waals surface area contributed by atoms with Gasteiger partial charge in [0, 0.05) is 6.07 Å². The maximum Gasteiger partial charge on any atom is 0.433 e. The van der Waals surface area contributed by atoms with Crippen LogP contribution in [0.15, 0.2) is 39.9 Å². The Balaban J connectivity index is 2.06. The van der Waals surface area contributed by atoms with Crippen LogP contribution in [0.4, 0.5) is 5.88 Å². The van der Waals surface area contributed by atoms with E-state index >= 15 is 0 Å². The monoisotopic (exact) mass is 319 g/mol. The second-order valence-electron chi connectivity index (χ2n) is 4.20. The van der Waals surface area contributed by atoms with Crippen LogP contribution in [0.2, 0.25) is 0 Å². The fourth-order valence-electron chi connectivity index (χ4n) is 1.71. The number of amides is 1. The highest BCUT2D eigenvalue weighted by Crippen LogP contribution is 2.24. The van der Waals surface area contributed by atoms with Crippen molar-refractivity contribution in [2.75, 3.05) is 14.2 Å². The molecule has 0 bridgehead atoms. The number of hydrogen-bond donors (Lipinski definition) is 1. The molecule has 0 saturated carbocycles. The minimum atomic E-state index is -0.669. The Labute approximate surface area is 130 Å². The zero-order valence-corrected chi connectivity index (χ0v) is 12.3. The summed E-state index contributed by atoms with van der Waals surface area (Å²) in [6, 6.07) is 7.25. The van der Waals surface area contributed by atoms with E-state index in [1.807, 2.05) is 0 Å². The Bertz CT molecular complexity index is 753. The molecule has 23 heavy (non-hydrogen) atoms. The lowest BCUT2D eigenvalue weighted by atomic mass is 10.2. The first-order valence-electron chi connectivity index (χ1n) is 6.35. The van der Waals surface area contributed by atoms with E-state index in [9.17, 15) is 14.9 Å². The van der Waals surface area contributed by atoms with E-state index in [-0.39, 0.29) is 11.3 Å². The molecule has 1 N–H and O–H groups in total. The van der Waals surface area contributed by atoms with E-state index < -0.39 is 16.7 Å². The molecule has 1 amide bonds. The summed E-state index contributed by atoms with van der Waals surface area (Å²) in [7, 11) is 2.93. The molecule has 2 aromatic rings. The Morgan fingerprint density at radius 3 is 2.70 bits per heavy atom. The zero-order chi connectivity index (χ0) is 16.8. The maximum absolute atomic E-state index is 12.0. The van der Waals surface area contributed by atoms with E-state index in [1.54, 1.807) is 12.1 Å². The molecule has 0 spiro atoms. The number of hydrazone groups is 1. The van der Waals surface area contributed by atoms with Gasteiger partial charge in [0.15, 0.2) is 5.76 Å². The van der Waals surface area contributed by atoms with E-state index in [2.05, 4.69) is 10.5 Å². The van der Waals surface area contributed by atoms with Crippen LogP contribution in [0.5, 0.6) is 11.5 Å². The molecule has 0 unspecified atom stereocenters. The largest absolute Gasteiger partial charge is 0.497 e. The van der Waals surface area contributed by atoms with Crippen molar-refractivity contribution in [1.82, 2.24) is 5.43 Å². The molecule has 2 rings (SSSR count). The highest BCUT2D eigenvalue weighted by atomic mass is 16.6. The molecule has 0 fully saturated rings. The average Bonchev–Trinajstić information content (AvgIpc) is 3.03. The second kappa shape index (κ2) is 7.07. The van der Waals surface area contributed by atoms with Gasteiger partial charge in [-0.1, -0.05) is 0 Å². The van der Waals surface area contributed by atoms with Crippen LogP contribution in [-0.2, 0) is 0 Å². The number of nitro groups is 1. The fraction of sp³-hybridized carbons (Fsp3) is 0.143. The molecular formula is C14H13N3O6. The summed E-state index contributed by atoms with van der Waals surface area (Å²) < 4.78 is 15.0. The molecule has 1 heterocycles. The Morgan fingerprint density at radius 1 is 1.30 bits per heavy atom. The number of nitrogens with zero attached hydrogens (tertiary/aromatic N) is 2. The van der Waals surface area contributed by atoms with Crippen molar-refractivity contribution in [1.29, 1.82) is 0 Å². The minimum Gasteiger partial charge on any atom is -0.497 e. The predicted octanol–water partition coefficient (Wildman–Crippen LogP) is 1.97. The van der Waals surface area contributed by atoms with Gasteiger partial charge in [-0.15, -0.1) is 0 Å². The molecule has 0 aliphatic carbocycles. The summed E-state index contributed by atoms with van der Waals surface area (Å²) >= 11 is 0. The maximum atomic E-state index is 12.0. The Hall–Kier alpha value is -3.36. The summed E-state index contributed by atoms with van der Waals surface area (Å²) in [4.78, 5) is 21.9. The minimum absolute atomic E-state index is 0.138. The van der Waals surface area contributed by atoms with Crippen molar-refractivity contribution in [2.45, 2.75) is 0 Å². The van der Waals surface area contributed by atoms with Gasteiger partial charge in [0.05, 0.1) is 32.1 Å². The number of ether oxygens (including phenoxy) is 2. The van der Waals surface area contributed by atoms with Gasteiger partial charge in [0.2, 0.25) is 0 Å². The Morgan fingerprint density at radius 2 is 2.09 bits per heavy atom. The standard InChI is InChI=1S/C14H13N3O6/c1-21-9-3-5-11(12(7-9)22-2)14(18)16-15-8-10-4-6-13(23-10)17(19)20/h3-8H,1-2H3,(H,16,18)/b15-8-. The van der Waals surface area contributed by atoms with E-state index in [0.717, 1.165) is 6.21 Å². The van der Waals surface area contributed by atoms with Crippen molar-refractivity contribution in [3.8, 4) is 11.5 Å². The molecule has 0 saturated heterocycles. The molecule has 0 aliphatic rings. The first-order valence-corrected chi connectivity index (χ1v) is 6.35. The van der Waals surface area contributed by atoms with E-state index in [1.165, 1.54) is 32.4 Å². The number of rotatable bonds is 6. The first-order chi connectivity index (χ1) is 11.0. The first kappa shape index (κ1) is 16.0. The lowest BCUT2D eigenvalue weighted by molar-refractivity contribution is -0.402. The van der Waals surface area contributed by atoms with Crippen molar-refractivity contribution >= 4 is 18.0 Å². The van der Waals surface area contributed by atoms with E-state index in [0.29, 0.717) is 11.5 Å². The third-order valence-electron chi connectivity index (χ3n) is 2.80. The quantitative estimate of drug-likeness (QED) is 0.494. The summed E-state index contributed by atoms with van der Waals surface area (Å²) in [5, 5.41) is 14.2. The molecule has 0 radical (unpaired) electrons. The van der Waals surface area contributed by atoms with Gasteiger partial charge in [-0.25, -0.2) is 5.43 Å². The van der Waals surface area contributed by atoms with Crippen LogP contribution < -0.4 is 14.9 Å². The molecule has 1 aromatic heterocycles. The lowest BCUT2D eigenvalue weighted by Gasteiger charge is -2.08. The summed E-state index contributed by atoms with van der Waals surface area (Å²) in [5.41, 5.74) is 2.54. The van der Waals surface area contributed by atoms with Crippen LogP contribution in [0.3, 0.4) is 0 Å². The molecule has 9 nitrogen and oxygen atoms in total. The van der Waals surface area contributed by atoms with Crippen LogP contribution in [0, 0.1) is 10.1 Å². The van der Waals surface area contributed by atoms with E-state index in [4.69, 9.17) is 13.9 Å². The molecule has 9 heteroatoms. The number of carbonyl (C=O) groups excluding carboxylic acids is 1. The van der Waals surface area contributed by atoms with Gasteiger partial charge in [-0.2, -0.15) is 5.10 Å². The number of furan rings is 1. The zero-order valence-electron chi connectivity index (χ0n) is 12.3. The average molecular weight is 319 g/mol. The number of benzene rings is 1. The van der Waals surface area contributed by atoms with Crippen LogP contribution >= 0.6 is 0 Å². The van der Waals surface area contributed by atoms with Gasteiger partial charge < -0.3 is 13.9 Å². The second-order valence-corrected chi connectivity index (χ2v) is 4.20. The highest BCUT2D eigenvalue weighted by molar-refractivity contribution is 5.97. The van der Waals surface area contributed by atoms with Crippen LogP contribution in [0.25, 0.3) is 0 Å². The van der Waals surface area contributed by atoms with Crippen LogP contribution in [0.1, 0.15) is 16.1 Å². The number of methoxy groups -OCH3 is 2. The Kier molecular flexibility index (Phi) is 4.92. The molecule has 0 aliphatic heterocycles. The predicted molar refractivity (Wildman–Crippen MR) is 80.0 cm³/mol. The molecule has 0 atom stereocenters. The van der Waals surface area contributed by atoms with Gasteiger partial charge in [0.1, 0.15) is 16.4 Å². The smallest absolute Gasteiger partial charge is 0.433 e. The number of carbonyl (C=O) groups is 1. The molecular weight excluding hydrogens is 306 g/mol. The van der Waals surface area contributed by atoms with Gasteiger partial charge in [-0.05, 0) is 18.2 Å². The van der Waals surface area contributed by atoms with Crippen LogP contribution in [-0.4, -0.2) is 31.3 Å². The van der Waals surface area contributed by atoms with Crippen molar-refractivity contribution in [2.24, 2.45) is 5.10 Å². The highest BCUT2D eigenvalue weighted by Gasteiger charge is 2.13. The SMILES string of the molecule is COc1ccc(C(=O)N/N=C\c2ccc([N+](=O)[O-])o2)c(OC)c1. The van der Waals surface area contributed by atoms with Gasteiger partial charge in [0.25, 0.3) is 5.91 Å². The third-order valence-corrected chi connectivity index (χ3v) is 2.80. The van der Waals surface area contributed by atoms with Crippen molar-refractivity contribution in [3.63, 3.8) is 0 Å². The molecule has 120 valence electrons. The lowest BCUT2D eigenvalue weighted by Crippen LogP contribution is -2.18. The number of nitrogens with one attached hydrogen (secondary N) is 1. The summed E-state index contributed by atoms with van der Waals surface area (Å²) in [6.07, 6.45) is 1.15. The van der Waals surface area contributed by atoms with Crippen molar-refractivity contribution < 1.29 is 23.6 Å². The third kappa shape index (κ3) is 3.84. The van der Waals surface area contributed by atoms with Gasteiger partial charge in [-0.3, -0.25) is 14.9 Å². The van der Waals surface area contributed by atoms with Crippen molar-refractivity contribution in [3.05, 3.63) is 51.8 Å². The fourth-order valence-corrected chi connectivity index (χ4v) is 1.71. The summed E-state index contributed by atoms with van der Waals surface area (Å²) in [5.74, 6) is 0.0885. The topological polar surface area (TPSA) is 116 Å². The molecule has 1 aromatic carbocycles. The van der Waals surface area contributed by atoms with Gasteiger partial charge >= 0.3 is 5.88 Å².